The predicted molar refractivity (Wildman–Crippen MR) is 114 cm³/mol. The molecule has 29 heavy (non-hydrogen) atoms. The molecule has 7 nitrogen and oxygen atoms in total. The minimum atomic E-state index is -0.0950. The molecule has 0 fully saturated rings. The van der Waals surface area contributed by atoms with Crippen LogP contribution in [0.3, 0.4) is 0 Å². The number of nitrogens with one attached hydrogen (secondary N) is 1. The summed E-state index contributed by atoms with van der Waals surface area (Å²) in [5.74, 6) is 7.42. The molecule has 0 aliphatic heterocycles. The van der Waals surface area contributed by atoms with Crippen LogP contribution in [0.15, 0.2) is 53.7 Å². The number of ether oxygens (including phenoxy) is 1. The molecule has 0 saturated heterocycles. The number of nitrogens with zero attached hydrogens (tertiary/aromatic N) is 3. The first-order valence-electron chi connectivity index (χ1n) is 9.30. The first kappa shape index (κ1) is 20.7. The summed E-state index contributed by atoms with van der Waals surface area (Å²) in [6.07, 6.45) is 0. The van der Waals surface area contributed by atoms with Gasteiger partial charge in [-0.2, -0.15) is 0 Å². The van der Waals surface area contributed by atoms with E-state index in [0.717, 1.165) is 22.4 Å². The van der Waals surface area contributed by atoms with Gasteiger partial charge in [-0.05, 0) is 49.6 Å². The predicted octanol–water partition coefficient (Wildman–Crippen LogP) is 3.16. The maximum absolute atomic E-state index is 12.2. The second-order valence-electron chi connectivity index (χ2n) is 6.87. The van der Waals surface area contributed by atoms with Crippen LogP contribution < -0.4 is 15.9 Å². The monoisotopic (exact) mass is 411 g/mol. The van der Waals surface area contributed by atoms with E-state index in [1.807, 2.05) is 63.2 Å². The van der Waals surface area contributed by atoms with Crippen LogP contribution >= 0.6 is 11.8 Å². The van der Waals surface area contributed by atoms with Crippen LogP contribution in [0.1, 0.15) is 35.5 Å². The second-order valence-corrected chi connectivity index (χ2v) is 7.81. The summed E-state index contributed by atoms with van der Waals surface area (Å²) in [7, 11) is 0. The number of amides is 1. The van der Waals surface area contributed by atoms with Gasteiger partial charge >= 0.3 is 0 Å². The summed E-state index contributed by atoms with van der Waals surface area (Å²) in [6, 6.07) is 15.7. The summed E-state index contributed by atoms with van der Waals surface area (Å²) in [4.78, 5) is 12.2. The van der Waals surface area contributed by atoms with Gasteiger partial charge in [-0.3, -0.25) is 4.79 Å². The Bertz CT molecular complexity index is 954. The maximum Gasteiger partial charge on any atom is 0.230 e. The number of nitrogens with two attached hydrogens (primary N) is 1. The third-order valence-electron chi connectivity index (χ3n) is 4.31. The fourth-order valence-electron chi connectivity index (χ4n) is 2.91. The first-order valence-corrected chi connectivity index (χ1v) is 10.3. The van der Waals surface area contributed by atoms with Crippen LogP contribution in [0, 0.1) is 13.8 Å². The lowest BCUT2D eigenvalue weighted by molar-refractivity contribution is -0.119. The summed E-state index contributed by atoms with van der Waals surface area (Å²) in [6.45, 7) is 6.18. The molecule has 0 aliphatic rings. The molecule has 0 bridgehead atoms. The van der Waals surface area contributed by atoms with Gasteiger partial charge in [-0.1, -0.05) is 48.2 Å². The average molecular weight is 412 g/mol. The number of aryl methyl sites for hydroxylation is 2. The average Bonchev–Trinajstić information content (AvgIpc) is 3.04. The van der Waals surface area contributed by atoms with Crippen LogP contribution in [0.2, 0.25) is 0 Å². The highest BCUT2D eigenvalue weighted by Crippen LogP contribution is 2.19. The van der Waals surface area contributed by atoms with Gasteiger partial charge in [-0.25, -0.2) is 4.68 Å². The molecule has 1 aromatic heterocycles. The van der Waals surface area contributed by atoms with Crippen molar-refractivity contribution in [2.45, 2.75) is 38.6 Å². The van der Waals surface area contributed by atoms with E-state index in [-0.39, 0.29) is 24.3 Å². The molecule has 3 rings (SSSR count). The van der Waals surface area contributed by atoms with E-state index in [1.54, 1.807) is 0 Å². The van der Waals surface area contributed by atoms with Crippen LogP contribution in [-0.4, -0.2) is 26.5 Å². The van der Waals surface area contributed by atoms with E-state index in [0.29, 0.717) is 11.0 Å². The Balaban J connectivity index is 1.52. The molecule has 3 aromatic rings. The van der Waals surface area contributed by atoms with Crippen LogP contribution in [-0.2, 0) is 11.4 Å². The van der Waals surface area contributed by atoms with Gasteiger partial charge < -0.3 is 15.9 Å². The normalized spacial score (nSPS) is 11.8. The third-order valence-corrected chi connectivity index (χ3v) is 5.25. The Morgan fingerprint density at radius 1 is 1.17 bits per heavy atom. The second kappa shape index (κ2) is 9.47. The van der Waals surface area contributed by atoms with Crippen molar-refractivity contribution >= 4 is 17.7 Å². The number of rotatable bonds is 8. The Hall–Kier alpha value is -3.00. The lowest BCUT2D eigenvalue weighted by Gasteiger charge is -2.13. The summed E-state index contributed by atoms with van der Waals surface area (Å²) >= 11 is 1.24. The number of hydrogen-bond acceptors (Lipinski definition) is 6. The molecule has 1 amide bonds. The van der Waals surface area contributed by atoms with Crippen molar-refractivity contribution < 1.29 is 9.53 Å². The van der Waals surface area contributed by atoms with Crippen LogP contribution in [0.5, 0.6) is 5.75 Å². The number of benzene rings is 2. The van der Waals surface area contributed by atoms with E-state index in [2.05, 4.69) is 21.6 Å². The number of carbonyl (C=O) groups is 1. The lowest BCUT2D eigenvalue weighted by atomic mass is 10.1. The Morgan fingerprint density at radius 2 is 1.86 bits per heavy atom. The summed E-state index contributed by atoms with van der Waals surface area (Å²) in [5, 5.41) is 11.6. The van der Waals surface area contributed by atoms with Crippen molar-refractivity contribution in [3.8, 4) is 5.75 Å². The van der Waals surface area contributed by atoms with Crippen molar-refractivity contribution in [3.05, 3.63) is 71.0 Å². The Labute approximate surface area is 174 Å². The third kappa shape index (κ3) is 5.74. The summed E-state index contributed by atoms with van der Waals surface area (Å²) in [5.41, 5.74) is 3.31. The minimum Gasteiger partial charge on any atom is -0.486 e. The van der Waals surface area contributed by atoms with Crippen molar-refractivity contribution in [3.63, 3.8) is 0 Å². The molecule has 3 N–H and O–H groups in total. The molecule has 0 radical (unpaired) electrons. The quantitative estimate of drug-likeness (QED) is 0.437. The van der Waals surface area contributed by atoms with E-state index in [1.165, 1.54) is 16.4 Å². The molecule has 1 atom stereocenters. The van der Waals surface area contributed by atoms with E-state index < -0.39 is 0 Å². The molecular weight excluding hydrogens is 386 g/mol. The SMILES string of the molecule is Cc1cc(C)cc(OCc2nnc(SCC(=O)NC(C)c3ccccc3)n2N)c1. The van der Waals surface area contributed by atoms with Gasteiger partial charge in [0.15, 0.2) is 5.82 Å². The van der Waals surface area contributed by atoms with Crippen molar-refractivity contribution in [2.24, 2.45) is 0 Å². The highest BCUT2D eigenvalue weighted by molar-refractivity contribution is 7.99. The van der Waals surface area contributed by atoms with Gasteiger partial charge in [0.25, 0.3) is 0 Å². The van der Waals surface area contributed by atoms with Crippen molar-refractivity contribution in [2.75, 3.05) is 11.6 Å². The van der Waals surface area contributed by atoms with Gasteiger partial charge in [0.2, 0.25) is 11.1 Å². The number of aromatic nitrogens is 3. The van der Waals surface area contributed by atoms with E-state index in [9.17, 15) is 4.79 Å². The van der Waals surface area contributed by atoms with Crippen LogP contribution in [0.4, 0.5) is 0 Å². The smallest absolute Gasteiger partial charge is 0.230 e. The van der Waals surface area contributed by atoms with Gasteiger partial charge in [0.05, 0.1) is 11.8 Å². The van der Waals surface area contributed by atoms with Gasteiger partial charge in [0.1, 0.15) is 12.4 Å². The Morgan fingerprint density at radius 3 is 2.55 bits per heavy atom. The topological polar surface area (TPSA) is 95.1 Å². The number of hydrogen-bond donors (Lipinski definition) is 2. The zero-order chi connectivity index (χ0) is 20.8. The van der Waals surface area contributed by atoms with Crippen molar-refractivity contribution in [1.29, 1.82) is 0 Å². The standard InChI is InChI=1S/C21H25N5O2S/c1-14-9-15(2)11-18(10-14)28-12-19-24-25-21(26(19)22)29-13-20(27)23-16(3)17-7-5-4-6-8-17/h4-11,16H,12-13,22H2,1-3H3,(H,23,27). The Kier molecular flexibility index (Phi) is 6.77. The first-order chi connectivity index (χ1) is 13.9. The largest absolute Gasteiger partial charge is 0.486 e. The molecule has 0 aliphatic carbocycles. The molecule has 8 heteroatoms. The van der Waals surface area contributed by atoms with E-state index in [4.69, 9.17) is 10.6 Å². The van der Waals surface area contributed by atoms with Gasteiger partial charge in [-0.15, -0.1) is 10.2 Å². The zero-order valence-corrected chi connectivity index (χ0v) is 17.6. The zero-order valence-electron chi connectivity index (χ0n) is 16.8. The molecular formula is C21H25N5O2S. The van der Waals surface area contributed by atoms with Crippen LogP contribution in [0.25, 0.3) is 0 Å². The molecule has 152 valence electrons. The molecule has 2 aromatic carbocycles. The molecule has 1 unspecified atom stereocenters. The van der Waals surface area contributed by atoms with Gasteiger partial charge in [0, 0.05) is 0 Å². The molecule has 0 spiro atoms. The molecule has 1 heterocycles. The van der Waals surface area contributed by atoms with E-state index >= 15 is 0 Å². The number of carbonyl (C=O) groups excluding carboxylic acids is 1. The number of nitrogen functional groups attached to an aromatic ring is 1. The molecule has 0 saturated carbocycles. The fourth-order valence-corrected chi connectivity index (χ4v) is 3.59. The lowest BCUT2D eigenvalue weighted by Crippen LogP contribution is -2.28. The highest BCUT2D eigenvalue weighted by atomic mass is 32.2. The maximum atomic E-state index is 12.2. The summed E-state index contributed by atoms with van der Waals surface area (Å²) < 4.78 is 7.15. The van der Waals surface area contributed by atoms with Crippen molar-refractivity contribution in [1.82, 2.24) is 20.2 Å². The highest BCUT2D eigenvalue weighted by Gasteiger charge is 2.14. The minimum absolute atomic E-state index is 0.0678. The fraction of sp³-hybridized carbons (Fsp3) is 0.286. The number of thioether (sulfide) groups is 1.